The number of unbranched alkanes of at least 4 members (excludes halogenated alkanes) is 6. The quantitative estimate of drug-likeness (QED) is 0.116. The molecule has 4 heteroatoms. The second-order valence-corrected chi connectivity index (χ2v) is 18.6. The van der Waals surface area contributed by atoms with Crippen LogP contribution in [0, 0.1) is 0 Å². The van der Waals surface area contributed by atoms with Crippen molar-refractivity contribution >= 4 is 33.3 Å². The molecule has 0 radical (unpaired) electrons. The largest absolute Gasteiger partial charge is 0.462 e. The van der Waals surface area contributed by atoms with E-state index >= 15 is 0 Å². The standard InChI is InChI=1S/C15H29IO2Si/c1-14(2)15(17)18-12-10-8-6-5-7-9-11-13-19(3,4)16/h1,5-13H2,2-4H3. The van der Waals surface area contributed by atoms with Gasteiger partial charge >= 0.3 is 5.97 Å². The third-order valence-corrected chi connectivity index (χ3v) is 6.16. The Morgan fingerprint density at radius 3 is 2.00 bits per heavy atom. The van der Waals surface area contributed by atoms with Gasteiger partial charge in [0.05, 0.1) is 6.61 Å². The van der Waals surface area contributed by atoms with Crippen LogP contribution in [-0.2, 0) is 9.53 Å². The van der Waals surface area contributed by atoms with E-state index in [2.05, 4.69) is 41.5 Å². The number of carbonyl (C=O) groups is 1. The van der Waals surface area contributed by atoms with Crippen LogP contribution in [0.2, 0.25) is 19.1 Å². The number of ether oxygens (including phenoxy) is 1. The van der Waals surface area contributed by atoms with Gasteiger partial charge in [0.15, 0.2) is 0 Å². The molecule has 0 aromatic heterocycles. The summed E-state index contributed by atoms with van der Waals surface area (Å²) >= 11 is 2.66. The molecule has 0 aliphatic carbocycles. The van der Waals surface area contributed by atoms with E-state index in [1.165, 1.54) is 38.1 Å². The molecular formula is C15H29IO2Si. The van der Waals surface area contributed by atoms with Crippen molar-refractivity contribution in [2.24, 2.45) is 0 Å². The monoisotopic (exact) mass is 396 g/mol. The average Bonchev–Trinajstić information content (AvgIpc) is 2.29. The maximum atomic E-state index is 11.1. The van der Waals surface area contributed by atoms with E-state index in [4.69, 9.17) is 4.74 Å². The lowest BCUT2D eigenvalue weighted by Gasteiger charge is -2.12. The fourth-order valence-corrected chi connectivity index (χ4v) is 4.05. The first-order valence-electron chi connectivity index (χ1n) is 7.34. The van der Waals surface area contributed by atoms with Crippen LogP contribution < -0.4 is 0 Å². The summed E-state index contributed by atoms with van der Waals surface area (Å²) in [4.78, 5) is 11.1. The van der Waals surface area contributed by atoms with Crippen LogP contribution in [0.3, 0.4) is 0 Å². The molecule has 112 valence electrons. The Morgan fingerprint density at radius 2 is 1.53 bits per heavy atom. The van der Waals surface area contributed by atoms with Crippen molar-refractivity contribution < 1.29 is 9.53 Å². The Hall–Kier alpha value is 0.157. The summed E-state index contributed by atoms with van der Waals surface area (Å²) in [6, 6.07) is 1.45. The second kappa shape index (κ2) is 10.9. The molecule has 0 rings (SSSR count). The molecule has 0 unspecified atom stereocenters. The van der Waals surface area contributed by atoms with Gasteiger partial charge in [-0.25, -0.2) is 4.79 Å². The van der Waals surface area contributed by atoms with Crippen molar-refractivity contribution in [1.82, 2.24) is 0 Å². The summed E-state index contributed by atoms with van der Waals surface area (Å²) in [5.74, 6) is -0.259. The highest BCUT2D eigenvalue weighted by Gasteiger charge is 2.14. The van der Waals surface area contributed by atoms with Gasteiger partial charge < -0.3 is 4.74 Å². The molecule has 0 aliphatic heterocycles. The van der Waals surface area contributed by atoms with E-state index < -0.39 is 5.57 Å². The van der Waals surface area contributed by atoms with E-state index in [1.807, 2.05) is 0 Å². The molecule has 0 aromatic carbocycles. The van der Waals surface area contributed by atoms with Crippen LogP contribution in [0.1, 0.15) is 51.9 Å². The van der Waals surface area contributed by atoms with Crippen LogP contribution in [-0.4, -0.2) is 18.1 Å². The maximum absolute atomic E-state index is 11.1. The predicted molar refractivity (Wildman–Crippen MR) is 94.4 cm³/mol. The lowest BCUT2D eigenvalue weighted by Crippen LogP contribution is -2.13. The van der Waals surface area contributed by atoms with Gasteiger partial charge in [0.25, 0.3) is 0 Å². The third kappa shape index (κ3) is 14.4. The molecule has 19 heavy (non-hydrogen) atoms. The number of rotatable bonds is 11. The summed E-state index contributed by atoms with van der Waals surface area (Å²) < 4.78 is 5.05. The van der Waals surface area contributed by atoms with Crippen molar-refractivity contribution in [2.45, 2.75) is 71.0 Å². The van der Waals surface area contributed by atoms with Crippen molar-refractivity contribution in [2.75, 3.05) is 6.61 Å². The summed E-state index contributed by atoms with van der Waals surface area (Å²) in [5.41, 5.74) is -0.361. The van der Waals surface area contributed by atoms with Gasteiger partial charge in [0, 0.05) is 5.57 Å². The van der Waals surface area contributed by atoms with Gasteiger partial charge in [0.2, 0.25) is 0 Å². The number of hydrogen-bond donors (Lipinski definition) is 0. The molecule has 0 heterocycles. The van der Waals surface area contributed by atoms with Crippen LogP contribution in [0.15, 0.2) is 12.2 Å². The van der Waals surface area contributed by atoms with Gasteiger partial charge in [-0.3, -0.25) is 0 Å². The highest BCUT2D eigenvalue weighted by molar-refractivity contribution is 14.1. The zero-order chi connectivity index (χ0) is 14.7. The number of halogens is 1. The molecule has 0 spiro atoms. The fraction of sp³-hybridized carbons (Fsp3) is 0.800. The molecule has 0 aliphatic rings. The summed E-state index contributed by atoms with van der Waals surface area (Å²) in [5, 5.41) is 0. The van der Waals surface area contributed by atoms with Gasteiger partial charge in [-0.2, -0.15) is 0 Å². The normalized spacial score (nSPS) is 11.4. The van der Waals surface area contributed by atoms with E-state index in [-0.39, 0.29) is 5.97 Å². The Balaban J connectivity index is 3.20. The average molecular weight is 396 g/mol. The Morgan fingerprint density at radius 1 is 1.05 bits per heavy atom. The van der Waals surface area contributed by atoms with Crippen LogP contribution in [0.5, 0.6) is 0 Å². The topological polar surface area (TPSA) is 26.3 Å². The second-order valence-electron chi connectivity index (χ2n) is 5.86. The smallest absolute Gasteiger partial charge is 0.333 e. The van der Waals surface area contributed by atoms with Crippen molar-refractivity contribution in [1.29, 1.82) is 0 Å². The maximum Gasteiger partial charge on any atom is 0.333 e. The van der Waals surface area contributed by atoms with E-state index in [0.29, 0.717) is 12.2 Å². The highest BCUT2D eigenvalue weighted by Crippen LogP contribution is 2.21. The van der Waals surface area contributed by atoms with Gasteiger partial charge in [-0.15, -0.1) is 21.8 Å². The van der Waals surface area contributed by atoms with Crippen LogP contribution in [0.4, 0.5) is 0 Å². The Labute approximate surface area is 132 Å². The fourth-order valence-electron chi connectivity index (χ4n) is 1.82. The zero-order valence-corrected chi connectivity index (χ0v) is 15.9. The van der Waals surface area contributed by atoms with Crippen molar-refractivity contribution in [3.05, 3.63) is 12.2 Å². The third-order valence-electron chi connectivity index (χ3n) is 3.00. The minimum atomic E-state index is -0.849. The molecule has 0 saturated carbocycles. The SMILES string of the molecule is C=C(C)C(=O)OCCCCCCCCC[Si](C)(C)I. The first-order valence-corrected chi connectivity index (χ1v) is 13.7. The molecule has 0 fully saturated rings. The minimum absolute atomic E-state index is 0.259. The summed E-state index contributed by atoms with van der Waals surface area (Å²) in [6.45, 7) is 10.6. The Bertz CT molecular complexity index is 272. The zero-order valence-electron chi connectivity index (χ0n) is 12.8. The van der Waals surface area contributed by atoms with Gasteiger partial charge in [-0.05, 0) is 19.4 Å². The molecule has 0 aromatic rings. The lowest BCUT2D eigenvalue weighted by atomic mass is 10.1. The van der Waals surface area contributed by atoms with Crippen molar-refractivity contribution in [3.63, 3.8) is 0 Å². The minimum Gasteiger partial charge on any atom is -0.462 e. The summed E-state index contributed by atoms with van der Waals surface area (Å²) in [7, 11) is 0. The highest BCUT2D eigenvalue weighted by atomic mass is 127. The molecule has 2 nitrogen and oxygen atoms in total. The first kappa shape index (κ1) is 19.2. The molecule has 0 amide bonds. The molecule has 0 atom stereocenters. The van der Waals surface area contributed by atoms with E-state index in [0.717, 1.165) is 12.8 Å². The van der Waals surface area contributed by atoms with Crippen LogP contribution in [0.25, 0.3) is 0 Å². The van der Waals surface area contributed by atoms with Crippen molar-refractivity contribution in [3.8, 4) is 0 Å². The Kier molecular flexibility index (Phi) is 11.0. The van der Waals surface area contributed by atoms with Crippen LogP contribution >= 0.6 is 21.8 Å². The summed E-state index contributed by atoms with van der Waals surface area (Å²) in [6.07, 6.45) is 8.85. The van der Waals surface area contributed by atoms with E-state index in [9.17, 15) is 4.79 Å². The molecular weight excluding hydrogens is 367 g/mol. The van der Waals surface area contributed by atoms with Gasteiger partial charge in [-0.1, -0.05) is 58.2 Å². The number of carbonyl (C=O) groups excluding carboxylic acids is 1. The predicted octanol–water partition coefficient (Wildman–Crippen LogP) is 5.48. The first-order chi connectivity index (χ1) is 8.83. The number of hydrogen-bond acceptors (Lipinski definition) is 2. The lowest BCUT2D eigenvalue weighted by molar-refractivity contribution is -0.139. The molecule has 0 saturated heterocycles. The van der Waals surface area contributed by atoms with E-state index in [1.54, 1.807) is 6.92 Å². The molecule has 0 N–H and O–H groups in total. The number of esters is 1. The van der Waals surface area contributed by atoms with Gasteiger partial charge in [0.1, 0.15) is 5.57 Å². The molecule has 0 bridgehead atoms.